The predicted octanol–water partition coefficient (Wildman–Crippen LogP) is 6.54. The molecule has 2 aliphatic carbocycles. The van der Waals surface area contributed by atoms with Gasteiger partial charge in [-0.25, -0.2) is 0 Å². The van der Waals surface area contributed by atoms with Gasteiger partial charge in [0.15, 0.2) is 0 Å². The molecular weight excluding hydrogens is 444 g/mol. The van der Waals surface area contributed by atoms with Crippen LogP contribution < -0.4 is 0 Å². The van der Waals surface area contributed by atoms with Gasteiger partial charge in [0.1, 0.15) is 0 Å². The molecule has 0 saturated carbocycles. The first kappa shape index (κ1) is 23.7. The zero-order chi connectivity index (χ0) is 21.6. The van der Waals surface area contributed by atoms with Crippen LogP contribution in [-0.4, -0.2) is 26.0 Å². The fraction of sp³-hybridized carbons (Fsp3) is 0.280. The summed E-state index contributed by atoms with van der Waals surface area (Å²) in [6, 6.07) is 15.2. The second-order valence-corrected chi connectivity index (χ2v) is 10.7. The van der Waals surface area contributed by atoms with E-state index in [1.807, 2.05) is 35.9 Å². The van der Waals surface area contributed by atoms with Gasteiger partial charge in [-0.2, -0.15) is 8.78 Å². The molecule has 0 bridgehead atoms. The van der Waals surface area contributed by atoms with Crippen molar-refractivity contribution >= 4 is 25.6 Å². The fourth-order valence-corrected chi connectivity index (χ4v) is 5.80. The molecule has 0 aliphatic heterocycles. The summed E-state index contributed by atoms with van der Waals surface area (Å²) in [6.07, 6.45) is 1.04. The standard InChI is InChI=1S/C25H25F2NOSi.Ti/c1-25(2,3)28(4)30(29)15-16-13-21-17-9-5-7-11-19(17)23(24(26)27)20-12-8-6-10-18(20)22(21)14-16;/h5-13H,14-15H2,1-4H3;/q;+2. The Morgan fingerprint density at radius 3 is 2.03 bits per heavy atom. The Labute approximate surface area is 199 Å². The molecule has 2 aromatic carbocycles. The van der Waals surface area contributed by atoms with Crippen LogP contribution in [0.25, 0.3) is 16.7 Å². The number of hydrogen-bond donors (Lipinski definition) is 0. The molecule has 0 unspecified atom stereocenters. The van der Waals surface area contributed by atoms with Crippen molar-refractivity contribution in [3.63, 3.8) is 0 Å². The van der Waals surface area contributed by atoms with Crippen LogP contribution in [0.2, 0.25) is 6.04 Å². The molecule has 0 spiro atoms. The second-order valence-electron chi connectivity index (χ2n) is 8.90. The molecular formula is C25H25F2NOSiTi+2. The Balaban J connectivity index is 0.00000272. The number of nitrogens with zero attached hydrogens (tertiary/aromatic N) is 1. The Kier molecular flexibility index (Phi) is 6.80. The average molecular weight is 469 g/mol. The van der Waals surface area contributed by atoms with Crippen LogP contribution in [0, 0.1) is 0 Å². The van der Waals surface area contributed by atoms with Gasteiger partial charge in [0.25, 0.3) is 6.08 Å². The number of fused-ring (bicyclic) bond motifs is 4. The van der Waals surface area contributed by atoms with Gasteiger partial charge in [0.2, 0.25) is 0 Å². The maximum atomic E-state index is 14.1. The molecule has 0 N–H and O–H groups in total. The monoisotopic (exact) mass is 469 g/mol. The average Bonchev–Trinajstić information content (AvgIpc) is 3.06. The number of allylic oxidation sites excluding steroid dienone is 4. The number of halogens is 2. The maximum Gasteiger partial charge on any atom is 2.00 e. The molecule has 156 valence electrons. The third-order valence-corrected chi connectivity index (χ3v) is 8.21. The molecule has 0 amide bonds. The largest absolute Gasteiger partial charge is 2.00 e. The van der Waals surface area contributed by atoms with Gasteiger partial charge in [-0.15, -0.1) is 0 Å². The van der Waals surface area contributed by atoms with Crippen LogP contribution in [0.15, 0.2) is 66.3 Å². The minimum atomic E-state index is -1.98. The van der Waals surface area contributed by atoms with Crippen molar-refractivity contribution in [2.45, 2.75) is 38.8 Å². The first-order chi connectivity index (χ1) is 14.2. The summed E-state index contributed by atoms with van der Waals surface area (Å²) < 4.78 is 43.1. The van der Waals surface area contributed by atoms with Gasteiger partial charge in [0.05, 0.1) is 5.57 Å². The summed E-state index contributed by atoms with van der Waals surface area (Å²) in [4.78, 5) is 0. The van der Waals surface area contributed by atoms with Crippen LogP contribution in [0.3, 0.4) is 0 Å². The van der Waals surface area contributed by atoms with E-state index in [1.54, 1.807) is 24.3 Å². The van der Waals surface area contributed by atoms with Crippen molar-refractivity contribution in [3.8, 4) is 0 Å². The van der Waals surface area contributed by atoms with Gasteiger partial charge in [-0.3, -0.25) is 0 Å². The van der Waals surface area contributed by atoms with Gasteiger partial charge in [-0.05, 0) is 60.6 Å². The summed E-state index contributed by atoms with van der Waals surface area (Å²) in [5.74, 6) is 0. The van der Waals surface area contributed by atoms with E-state index in [2.05, 4.69) is 26.8 Å². The topological polar surface area (TPSA) is 20.3 Å². The summed E-state index contributed by atoms with van der Waals surface area (Å²) in [6.45, 7) is 6.16. The smallest absolute Gasteiger partial charge is 0.375 e. The molecule has 2 nitrogen and oxygen atoms in total. The summed E-state index contributed by atoms with van der Waals surface area (Å²) in [5, 5.41) is 0. The molecule has 0 saturated heterocycles. The molecule has 4 rings (SSSR count). The first-order valence-electron chi connectivity index (χ1n) is 10.1. The van der Waals surface area contributed by atoms with Gasteiger partial charge in [-0.1, -0.05) is 60.2 Å². The second kappa shape index (κ2) is 8.89. The van der Waals surface area contributed by atoms with Crippen molar-refractivity contribution in [2.24, 2.45) is 0 Å². The van der Waals surface area contributed by atoms with E-state index in [4.69, 9.17) is 0 Å². The quantitative estimate of drug-likeness (QED) is 0.476. The first-order valence-corrected chi connectivity index (χ1v) is 11.7. The van der Waals surface area contributed by atoms with Gasteiger partial charge in [0, 0.05) is 18.6 Å². The Hall–Kier alpha value is -1.95. The molecule has 31 heavy (non-hydrogen) atoms. The van der Waals surface area contributed by atoms with E-state index in [9.17, 15) is 13.2 Å². The van der Waals surface area contributed by atoms with E-state index in [1.165, 1.54) is 0 Å². The van der Waals surface area contributed by atoms with E-state index >= 15 is 0 Å². The van der Waals surface area contributed by atoms with E-state index < -0.39 is 14.9 Å². The van der Waals surface area contributed by atoms with Crippen molar-refractivity contribution in [3.05, 3.63) is 88.5 Å². The zero-order valence-corrected chi connectivity index (χ0v) is 20.8. The van der Waals surface area contributed by atoms with Gasteiger partial charge >= 0.3 is 30.6 Å². The molecule has 2 aromatic rings. The number of benzene rings is 2. The molecule has 0 atom stereocenters. The molecule has 0 aromatic heterocycles. The van der Waals surface area contributed by atoms with Crippen molar-refractivity contribution in [2.75, 3.05) is 7.05 Å². The minimum Gasteiger partial charge on any atom is -0.375 e. The Morgan fingerprint density at radius 1 is 0.968 bits per heavy atom. The molecule has 6 heteroatoms. The predicted molar refractivity (Wildman–Crippen MR) is 119 cm³/mol. The fourth-order valence-electron chi connectivity index (χ4n) is 4.19. The Bertz CT molecular complexity index is 1140. The van der Waals surface area contributed by atoms with Crippen molar-refractivity contribution < 1.29 is 35.0 Å². The van der Waals surface area contributed by atoms with Crippen LogP contribution in [0.4, 0.5) is 8.78 Å². The third-order valence-electron chi connectivity index (χ3n) is 6.03. The molecule has 0 radical (unpaired) electrons. The van der Waals surface area contributed by atoms with Crippen LogP contribution in [0.5, 0.6) is 0 Å². The maximum absolute atomic E-state index is 14.1. The molecule has 2 aliphatic rings. The van der Waals surface area contributed by atoms with E-state index in [0.717, 1.165) is 27.8 Å². The van der Waals surface area contributed by atoms with E-state index in [0.29, 0.717) is 23.6 Å². The van der Waals surface area contributed by atoms with Crippen molar-refractivity contribution in [1.29, 1.82) is 0 Å². The SMILES string of the molecule is CN([Si](=O)CC1=CC2=C(C1)c1ccccc1C(=C(F)F)c1ccccc12)C(C)(C)C.[Ti+2]. The van der Waals surface area contributed by atoms with Crippen molar-refractivity contribution in [1.82, 2.24) is 4.57 Å². The summed E-state index contributed by atoms with van der Waals surface area (Å²) in [5.41, 5.74) is 5.69. The van der Waals surface area contributed by atoms with Crippen LogP contribution in [-0.2, 0) is 26.2 Å². The zero-order valence-electron chi connectivity index (χ0n) is 18.2. The summed E-state index contributed by atoms with van der Waals surface area (Å²) >= 11 is 0. The normalized spacial score (nSPS) is 14.6. The Morgan fingerprint density at radius 2 is 1.48 bits per heavy atom. The van der Waals surface area contributed by atoms with Crippen LogP contribution in [0.1, 0.15) is 49.4 Å². The third kappa shape index (κ3) is 4.36. The summed E-state index contributed by atoms with van der Waals surface area (Å²) in [7, 11) is -0.0734. The van der Waals surface area contributed by atoms with Crippen LogP contribution >= 0.6 is 0 Å². The van der Waals surface area contributed by atoms with Gasteiger partial charge < -0.3 is 9.03 Å². The van der Waals surface area contributed by atoms with E-state index in [-0.39, 0.29) is 32.8 Å². The number of hydrogen-bond acceptors (Lipinski definition) is 1. The molecule has 0 heterocycles. The number of rotatable bonds is 3. The molecule has 0 fully saturated rings. The minimum absolute atomic E-state index is 0.